The molecule has 2 rings (SSSR count). The van der Waals surface area contributed by atoms with Gasteiger partial charge in [0.2, 0.25) is 5.88 Å². The molecule has 1 aliphatic rings. The van der Waals surface area contributed by atoms with Gasteiger partial charge in [-0.2, -0.15) is 0 Å². The lowest BCUT2D eigenvalue weighted by Crippen LogP contribution is -2.40. The lowest BCUT2D eigenvalue weighted by atomic mass is 10.1. The number of nitrogens with zero attached hydrogens (tertiary/aromatic N) is 3. The second-order valence-corrected chi connectivity index (χ2v) is 7.79. The minimum absolute atomic E-state index is 0.163. The van der Waals surface area contributed by atoms with Gasteiger partial charge in [-0.25, -0.2) is 9.98 Å². The van der Waals surface area contributed by atoms with E-state index in [1.807, 2.05) is 12.1 Å². The highest BCUT2D eigenvalue weighted by atomic mass is 16.5. The maximum Gasteiger partial charge on any atom is 0.213 e. The summed E-state index contributed by atoms with van der Waals surface area (Å²) >= 11 is 0. The molecule has 1 saturated heterocycles. The Hall–Kier alpha value is -1.82. The Balaban J connectivity index is 1.98. The van der Waals surface area contributed by atoms with Crippen LogP contribution in [0.1, 0.15) is 46.1 Å². The van der Waals surface area contributed by atoms with Crippen molar-refractivity contribution in [2.24, 2.45) is 16.8 Å². The quantitative estimate of drug-likeness (QED) is 0.529. The van der Waals surface area contributed by atoms with Crippen LogP contribution in [-0.2, 0) is 11.3 Å². The molecule has 2 unspecified atom stereocenters. The summed E-state index contributed by atoms with van der Waals surface area (Å²) in [4.78, 5) is 11.5. The second kappa shape index (κ2) is 11.1. The summed E-state index contributed by atoms with van der Waals surface area (Å²) in [6.45, 7) is 12.9. The van der Waals surface area contributed by atoms with Crippen molar-refractivity contribution >= 4 is 5.96 Å². The molecular weight excluding hydrogens is 340 g/mol. The Kier molecular flexibility index (Phi) is 8.85. The number of rotatable bonds is 9. The van der Waals surface area contributed by atoms with Gasteiger partial charge in [-0.3, -0.25) is 0 Å². The summed E-state index contributed by atoms with van der Waals surface area (Å²) in [5.41, 5.74) is 1.11. The first kappa shape index (κ1) is 21.5. The highest BCUT2D eigenvalue weighted by Crippen LogP contribution is 2.18. The van der Waals surface area contributed by atoms with E-state index < -0.39 is 0 Å². The molecule has 0 aromatic carbocycles. The zero-order chi connectivity index (χ0) is 19.6. The third-order valence-electron chi connectivity index (χ3n) is 4.66. The molecule has 1 fully saturated rings. The molecule has 0 aliphatic carbocycles. The third-order valence-corrected chi connectivity index (χ3v) is 4.66. The number of aliphatic imine (C=N–C) groups is 1. The summed E-state index contributed by atoms with van der Waals surface area (Å²) in [5, 5.41) is 3.41. The van der Waals surface area contributed by atoms with Crippen molar-refractivity contribution in [3.8, 4) is 5.88 Å². The smallest absolute Gasteiger partial charge is 0.213 e. The van der Waals surface area contributed by atoms with Crippen molar-refractivity contribution in [3.63, 3.8) is 0 Å². The molecule has 1 aliphatic heterocycles. The maximum absolute atomic E-state index is 5.96. The lowest BCUT2D eigenvalue weighted by molar-refractivity contribution is 0.157. The molecule has 6 nitrogen and oxygen atoms in total. The van der Waals surface area contributed by atoms with Crippen LogP contribution < -0.4 is 10.1 Å². The first-order valence-electron chi connectivity index (χ1n) is 10.2. The molecule has 27 heavy (non-hydrogen) atoms. The van der Waals surface area contributed by atoms with Gasteiger partial charge in [-0.15, -0.1) is 0 Å². The molecule has 2 heterocycles. The number of likely N-dealkylation sites (tertiary alicyclic amines) is 1. The van der Waals surface area contributed by atoms with Crippen molar-refractivity contribution < 1.29 is 9.47 Å². The van der Waals surface area contributed by atoms with Crippen molar-refractivity contribution in [2.45, 2.75) is 53.2 Å². The number of ether oxygens (including phenoxy) is 2. The first-order chi connectivity index (χ1) is 13.0. The largest absolute Gasteiger partial charge is 0.475 e. The van der Waals surface area contributed by atoms with Gasteiger partial charge in [0.15, 0.2) is 5.96 Å². The summed E-state index contributed by atoms with van der Waals surface area (Å²) in [7, 11) is 1.77. The highest BCUT2D eigenvalue weighted by molar-refractivity contribution is 5.80. The van der Waals surface area contributed by atoms with Crippen LogP contribution in [0.3, 0.4) is 0 Å². The molecule has 0 radical (unpaired) electrons. The summed E-state index contributed by atoms with van der Waals surface area (Å²) in [6.07, 6.45) is 4.14. The molecule has 152 valence electrons. The zero-order valence-electron chi connectivity index (χ0n) is 17.6. The fraction of sp³-hybridized carbons (Fsp3) is 0.714. The van der Waals surface area contributed by atoms with Gasteiger partial charge in [-0.05, 0) is 44.2 Å². The SMILES string of the molecule is CCNC(=NCc1ccnc(OC(C)CC(C)C)c1)N1CCC(COC)C1. The van der Waals surface area contributed by atoms with E-state index >= 15 is 0 Å². The van der Waals surface area contributed by atoms with Crippen LogP contribution in [0.4, 0.5) is 0 Å². The lowest BCUT2D eigenvalue weighted by Gasteiger charge is -2.21. The molecule has 1 N–H and O–H groups in total. The topological polar surface area (TPSA) is 59.0 Å². The molecule has 2 atom stereocenters. The van der Waals surface area contributed by atoms with E-state index in [1.165, 1.54) is 0 Å². The van der Waals surface area contributed by atoms with E-state index in [1.54, 1.807) is 13.3 Å². The molecule has 0 amide bonds. The van der Waals surface area contributed by atoms with Crippen molar-refractivity contribution in [3.05, 3.63) is 23.9 Å². The third kappa shape index (κ3) is 7.37. The number of aromatic nitrogens is 1. The van der Waals surface area contributed by atoms with E-state index in [2.05, 4.69) is 42.9 Å². The fourth-order valence-electron chi connectivity index (χ4n) is 3.52. The van der Waals surface area contributed by atoms with Crippen molar-refractivity contribution in [1.82, 2.24) is 15.2 Å². The number of methoxy groups -OCH3 is 1. The average Bonchev–Trinajstić information content (AvgIpc) is 3.07. The number of nitrogens with one attached hydrogen (secondary N) is 1. The average molecular weight is 377 g/mol. The Morgan fingerprint density at radius 3 is 2.93 bits per heavy atom. The number of hydrogen-bond donors (Lipinski definition) is 1. The predicted molar refractivity (Wildman–Crippen MR) is 110 cm³/mol. The van der Waals surface area contributed by atoms with Crippen LogP contribution in [0.15, 0.2) is 23.3 Å². The maximum atomic E-state index is 5.96. The van der Waals surface area contributed by atoms with Gasteiger partial charge >= 0.3 is 0 Å². The van der Waals surface area contributed by atoms with Crippen molar-refractivity contribution in [2.75, 3.05) is 33.4 Å². The summed E-state index contributed by atoms with van der Waals surface area (Å²) < 4.78 is 11.3. The van der Waals surface area contributed by atoms with Gasteiger partial charge in [-0.1, -0.05) is 13.8 Å². The van der Waals surface area contributed by atoms with Gasteiger partial charge in [0.25, 0.3) is 0 Å². The molecule has 6 heteroatoms. The molecule has 0 bridgehead atoms. The number of guanidine groups is 1. The Bertz CT molecular complexity index is 591. The summed E-state index contributed by atoms with van der Waals surface area (Å²) in [5.74, 6) is 2.85. The monoisotopic (exact) mass is 376 g/mol. The van der Waals surface area contributed by atoms with Crippen LogP contribution in [0.25, 0.3) is 0 Å². The van der Waals surface area contributed by atoms with Crippen LogP contribution in [-0.4, -0.2) is 55.3 Å². The summed E-state index contributed by atoms with van der Waals surface area (Å²) in [6, 6.07) is 4.01. The van der Waals surface area contributed by atoms with Crippen LogP contribution >= 0.6 is 0 Å². The van der Waals surface area contributed by atoms with Gasteiger partial charge in [0, 0.05) is 44.9 Å². The normalized spacial score (nSPS) is 18.8. The van der Waals surface area contributed by atoms with E-state index in [0.29, 0.717) is 24.3 Å². The predicted octanol–water partition coefficient (Wildman–Crippen LogP) is 3.33. The Labute approximate surface area is 164 Å². The Morgan fingerprint density at radius 1 is 1.41 bits per heavy atom. The van der Waals surface area contributed by atoms with E-state index in [-0.39, 0.29) is 6.10 Å². The second-order valence-electron chi connectivity index (χ2n) is 7.79. The fourth-order valence-corrected chi connectivity index (χ4v) is 3.52. The van der Waals surface area contributed by atoms with Gasteiger partial charge in [0.1, 0.15) is 0 Å². The molecule has 1 aromatic rings. The molecule has 0 saturated carbocycles. The number of hydrogen-bond acceptors (Lipinski definition) is 4. The van der Waals surface area contributed by atoms with Gasteiger partial charge in [0.05, 0.1) is 19.3 Å². The zero-order valence-corrected chi connectivity index (χ0v) is 17.6. The number of pyridine rings is 1. The van der Waals surface area contributed by atoms with Crippen LogP contribution in [0.5, 0.6) is 5.88 Å². The first-order valence-corrected chi connectivity index (χ1v) is 10.2. The molecule has 1 aromatic heterocycles. The van der Waals surface area contributed by atoms with Crippen LogP contribution in [0.2, 0.25) is 0 Å². The highest BCUT2D eigenvalue weighted by Gasteiger charge is 2.24. The van der Waals surface area contributed by atoms with E-state index in [0.717, 1.165) is 50.6 Å². The Morgan fingerprint density at radius 2 is 2.22 bits per heavy atom. The molecular formula is C21H36N4O2. The minimum Gasteiger partial charge on any atom is -0.475 e. The standard InChI is InChI=1S/C21H36N4O2/c1-6-22-21(25-10-8-19(14-25)15-26-5)24-13-18-7-9-23-20(12-18)27-17(4)11-16(2)3/h7,9,12,16-17,19H,6,8,10-11,13-15H2,1-5H3,(H,22,24). The van der Waals surface area contributed by atoms with E-state index in [4.69, 9.17) is 14.5 Å². The van der Waals surface area contributed by atoms with E-state index in [9.17, 15) is 0 Å². The molecule has 0 spiro atoms. The van der Waals surface area contributed by atoms with Crippen molar-refractivity contribution in [1.29, 1.82) is 0 Å². The van der Waals surface area contributed by atoms with Crippen LogP contribution in [0, 0.1) is 11.8 Å². The van der Waals surface area contributed by atoms with Gasteiger partial charge < -0.3 is 19.7 Å². The minimum atomic E-state index is 0.163.